The molecule has 0 radical (unpaired) electrons. The molecule has 162 valence electrons. The van der Waals surface area contributed by atoms with E-state index in [1.807, 2.05) is 30.3 Å². The van der Waals surface area contributed by atoms with Gasteiger partial charge in [0.25, 0.3) is 0 Å². The summed E-state index contributed by atoms with van der Waals surface area (Å²) in [6, 6.07) is 9.46. The van der Waals surface area contributed by atoms with Crippen LogP contribution in [0.5, 0.6) is 0 Å². The van der Waals surface area contributed by atoms with Crippen LogP contribution in [-0.2, 0) is 11.3 Å². The molecule has 0 atom stereocenters. The number of hydrogen-bond donors (Lipinski definition) is 3. The molecule has 3 N–H and O–H groups in total. The molecule has 2 rings (SSSR count). The zero-order valence-corrected chi connectivity index (χ0v) is 18.3. The Morgan fingerprint density at radius 1 is 1.14 bits per heavy atom. The van der Waals surface area contributed by atoms with Gasteiger partial charge in [0.15, 0.2) is 0 Å². The normalized spacial score (nSPS) is 22.0. The number of carbonyl (C=O) groups excluding carboxylic acids is 2. The van der Waals surface area contributed by atoms with Gasteiger partial charge in [0.1, 0.15) is 0 Å². The van der Waals surface area contributed by atoms with Crippen molar-refractivity contribution in [3.8, 4) is 0 Å². The number of nitrogens with zero attached hydrogens (tertiary/aromatic N) is 1. The Kier molecular flexibility index (Phi) is 8.08. The molecular weight excluding hydrogens is 366 g/mol. The third-order valence-electron chi connectivity index (χ3n) is 6.03. The molecule has 1 saturated carbocycles. The van der Waals surface area contributed by atoms with Gasteiger partial charge in [-0.05, 0) is 42.6 Å². The van der Waals surface area contributed by atoms with Crippen molar-refractivity contribution in [1.82, 2.24) is 15.5 Å². The number of carbonyl (C=O) groups is 2. The number of aliphatic hydroxyl groups is 1. The van der Waals surface area contributed by atoms with Crippen LogP contribution in [0.4, 0.5) is 4.79 Å². The van der Waals surface area contributed by atoms with E-state index in [0.717, 1.165) is 18.4 Å². The Labute approximate surface area is 175 Å². The van der Waals surface area contributed by atoms with Crippen LogP contribution in [0.2, 0.25) is 0 Å². The SMILES string of the molecule is CN(Cc1ccccc1)C(=O)CCNC(=O)NCC1(O)CCC(C(C)(C)C)CC1. The van der Waals surface area contributed by atoms with Crippen LogP contribution in [0, 0.1) is 11.3 Å². The lowest BCUT2D eigenvalue weighted by atomic mass is 9.68. The number of nitrogens with one attached hydrogen (secondary N) is 2. The third kappa shape index (κ3) is 7.69. The molecule has 1 aromatic carbocycles. The van der Waals surface area contributed by atoms with Gasteiger partial charge in [0.05, 0.1) is 5.60 Å². The second-order valence-electron chi connectivity index (χ2n) is 9.46. The van der Waals surface area contributed by atoms with E-state index in [2.05, 4.69) is 31.4 Å². The second kappa shape index (κ2) is 10.1. The van der Waals surface area contributed by atoms with Crippen molar-refractivity contribution in [2.24, 2.45) is 11.3 Å². The minimum Gasteiger partial charge on any atom is -0.388 e. The molecule has 0 aromatic heterocycles. The Morgan fingerprint density at radius 3 is 2.34 bits per heavy atom. The first kappa shape index (κ1) is 23.2. The molecule has 0 aliphatic heterocycles. The molecule has 0 saturated heterocycles. The number of urea groups is 1. The summed E-state index contributed by atoms with van der Waals surface area (Å²) in [6.07, 6.45) is 3.61. The monoisotopic (exact) mass is 403 g/mol. The molecule has 29 heavy (non-hydrogen) atoms. The van der Waals surface area contributed by atoms with E-state index in [1.165, 1.54) is 0 Å². The minimum absolute atomic E-state index is 0.0201. The van der Waals surface area contributed by atoms with Crippen LogP contribution in [0.1, 0.15) is 58.4 Å². The van der Waals surface area contributed by atoms with E-state index in [-0.39, 0.29) is 36.9 Å². The van der Waals surface area contributed by atoms with Crippen molar-refractivity contribution in [2.45, 2.75) is 65.0 Å². The van der Waals surface area contributed by atoms with Crippen molar-refractivity contribution in [2.75, 3.05) is 20.1 Å². The second-order valence-corrected chi connectivity index (χ2v) is 9.46. The Balaban J connectivity index is 1.64. The largest absolute Gasteiger partial charge is 0.388 e. The molecule has 6 nitrogen and oxygen atoms in total. The first-order chi connectivity index (χ1) is 13.6. The highest BCUT2D eigenvalue weighted by Gasteiger charge is 2.37. The topological polar surface area (TPSA) is 81.7 Å². The highest BCUT2D eigenvalue weighted by molar-refractivity contribution is 5.78. The summed E-state index contributed by atoms with van der Waals surface area (Å²) >= 11 is 0. The maximum absolute atomic E-state index is 12.2. The van der Waals surface area contributed by atoms with E-state index in [9.17, 15) is 14.7 Å². The fourth-order valence-electron chi connectivity index (χ4n) is 3.92. The summed E-state index contributed by atoms with van der Waals surface area (Å²) in [5.74, 6) is 0.587. The summed E-state index contributed by atoms with van der Waals surface area (Å²) in [5.41, 5.74) is 0.500. The summed E-state index contributed by atoms with van der Waals surface area (Å²) < 4.78 is 0. The van der Waals surface area contributed by atoms with Gasteiger partial charge in [-0.25, -0.2) is 4.79 Å². The maximum atomic E-state index is 12.2. The maximum Gasteiger partial charge on any atom is 0.314 e. The van der Waals surface area contributed by atoms with E-state index in [4.69, 9.17) is 0 Å². The highest BCUT2D eigenvalue weighted by atomic mass is 16.3. The molecule has 1 aliphatic carbocycles. The van der Waals surface area contributed by atoms with Gasteiger partial charge in [-0.15, -0.1) is 0 Å². The summed E-state index contributed by atoms with van der Waals surface area (Å²) in [4.78, 5) is 25.9. The van der Waals surface area contributed by atoms with Crippen LogP contribution in [0.25, 0.3) is 0 Å². The van der Waals surface area contributed by atoms with Crippen molar-refractivity contribution in [1.29, 1.82) is 0 Å². The van der Waals surface area contributed by atoms with Gasteiger partial charge < -0.3 is 20.6 Å². The first-order valence-electron chi connectivity index (χ1n) is 10.6. The predicted octanol–water partition coefficient (Wildman–Crippen LogP) is 3.30. The smallest absolute Gasteiger partial charge is 0.314 e. The van der Waals surface area contributed by atoms with Crippen LogP contribution < -0.4 is 10.6 Å². The van der Waals surface area contributed by atoms with Gasteiger partial charge >= 0.3 is 6.03 Å². The lowest BCUT2D eigenvalue weighted by Crippen LogP contribution is -2.49. The van der Waals surface area contributed by atoms with Crippen molar-refractivity contribution < 1.29 is 14.7 Å². The number of benzene rings is 1. The Bertz CT molecular complexity index is 662. The van der Waals surface area contributed by atoms with E-state index in [1.54, 1.807) is 11.9 Å². The standard InChI is InChI=1S/C23H37N3O3/c1-22(2,3)19-10-13-23(29,14-11-19)17-25-21(28)24-15-12-20(27)26(4)16-18-8-6-5-7-9-18/h5-9,19,29H,10-17H2,1-4H3,(H2,24,25,28). The van der Waals surface area contributed by atoms with Crippen LogP contribution >= 0.6 is 0 Å². The number of hydrogen-bond acceptors (Lipinski definition) is 3. The van der Waals surface area contributed by atoms with E-state index < -0.39 is 5.60 Å². The summed E-state index contributed by atoms with van der Waals surface area (Å²) in [7, 11) is 1.76. The zero-order valence-electron chi connectivity index (χ0n) is 18.3. The lowest BCUT2D eigenvalue weighted by molar-refractivity contribution is -0.130. The molecule has 0 bridgehead atoms. The first-order valence-corrected chi connectivity index (χ1v) is 10.6. The van der Waals surface area contributed by atoms with Crippen LogP contribution in [0.15, 0.2) is 30.3 Å². The molecule has 0 heterocycles. The number of amides is 3. The van der Waals surface area contributed by atoms with Crippen LogP contribution in [-0.4, -0.2) is 47.7 Å². The molecule has 0 spiro atoms. The molecule has 0 unspecified atom stereocenters. The van der Waals surface area contributed by atoms with Gasteiger partial charge in [-0.1, -0.05) is 51.1 Å². The Hall–Kier alpha value is -2.08. The minimum atomic E-state index is -0.829. The average Bonchev–Trinajstić information content (AvgIpc) is 2.67. The van der Waals surface area contributed by atoms with Gasteiger partial charge in [0.2, 0.25) is 5.91 Å². The highest BCUT2D eigenvalue weighted by Crippen LogP contribution is 2.41. The number of rotatable bonds is 7. The van der Waals surface area contributed by atoms with E-state index >= 15 is 0 Å². The quantitative estimate of drug-likeness (QED) is 0.653. The molecule has 1 fully saturated rings. The average molecular weight is 404 g/mol. The fourth-order valence-corrected chi connectivity index (χ4v) is 3.92. The summed E-state index contributed by atoms with van der Waals surface area (Å²) in [6.45, 7) is 7.80. The predicted molar refractivity (Wildman–Crippen MR) is 115 cm³/mol. The van der Waals surface area contributed by atoms with Crippen molar-refractivity contribution in [3.05, 3.63) is 35.9 Å². The van der Waals surface area contributed by atoms with E-state index in [0.29, 0.717) is 25.3 Å². The molecule has 6 heteroatoms. The zero-order chi connectivity index (χ0) is 21.5. The molecule has 1 aromatic rings. The van der Waals surface area contributed by atoms with Gasteiger partial charge in [-0.3, -0.25) is 4.79 Å². The van der Waals surface area contributed by atoms with Crippen molar-refractivity contribution >= 4 is 11.9 Å². The van der Waals surface area contributed by atoms with Gasteiger partial charge in [0, 0.05) is 33.1 Å². The molecule has 3 amide bonds. The van der Waals surface area contributed by atoms with Crippen molar-refractivity contribution in [3.63, 3.8) is 0 Å². The van der Waals surface area contributed by atoms with Gasteiger partial charge in [-0.2, -0.15) is 0 Å². The summed E-state index contributed by atoms with van der Waals surface area (Å²) in [5, 5.41) is 16.2. The molecule has 1 aliphatic rings. The van der Waals surface area contributed by atoms with Crippen LogP contribution in [0.3, 0.4) is 0 Å². The fraction of sp³-hybridized carbons (Fsp3) is 0.652. The Morgan fingerprint density at radius 2 is 1.76 bits per heavy atom. The third-order valence-corrected chi connectivity index (χ3v) is 6.03. The molecular formula is C23H37N3O3. The lowest BCUT2D eigenvalue weighted by Gasteiger charge is -2.41.